The molecule has 5 nitrogen and oxygen atoms in total. The van der Waals surface area contributed by atoms with Crippen LogP contribution in [0.15, 0.2) is 22.8 Å². The van der Waals surface area contributed by atoms with Crippen LogP contribution in [-0.4, -0.2) is 47.8 Å². The predicted molar refractivity (Wildman–Crippen MR) is 82.4 cm³/mol. The lowest BCUT2D eigenvalue weighted by atomic mass is 9.86. The lowest BCUT2D eigenvalue weighted by Gasteiger charge is -2.35. The van der Waals surface area contributed by atoms with Crippen LogP contribution in [0.4, 0.5) is 0 Å². The van der Waals surface area contributed by atoms with E-state index in [-0.39, 0.29) is 11.8 Å². The van der Waals surface area contributed by atoms with E-state index < -0.39 is 0 Å². The first-order valence-corrected chi connectivity index (χ1v) is 8.34. The molecule has 1 aliphatic heterocycles. The molecule has 0 spiro atoms. The van der Waals surface area contributed by atoms with E-state index in [0.717, 1.165) is 0 Å². The van der Waals surface area contributed by atoms with Gasteiger partial charge in [0.1, 0.15) is 0 Å². The summed E-state index contributed by atoms with van der Waals surface area (Å²) in [4.78, 5) is 28.2. The first kappa shape index (κ1) is 15.1. The Kier molecular flexibility index (Phi) is 4.80. The van der Waals surface area contributed by atoms with Crippen molar-refractivity contribution in [2.45, 2.75) is 38.5 Å². The van der Waals surface area contributed by atoms with E-state index in [0.29, 0.717) is 44.3 Å². The molecule has 0 N–H and O–H groups in total. The molecule has 22 heavy (non-hydrogen) atoms. The fourth-order valence-corrected chi connectivity index (χ4v) is 3.48. The molecular weight excluding hydrogens is 280 g/mol. The molecule has 0 radical (unpaired) electrons. The van der Waals surface area contributed by atoms with Gasteiger partial charge < -0.3 is 14.2 Å². The second-order valence-electron chi connectivity index (χ2n) is 6.36. The van der Waals surface area contributed by atoms with Crippen molar-refractivity contribution in [1.29, 1.82) is 0 Å². The summed E-state index contributed by atoms with van der Waals surface area (Å²) in [5.74, 6) is 1.13. The third-order valence-corrected chi connectivity index (χ3v) is 4.84. The van der Waals surface area contributed by atoms with Gasteiger partial charge in [-0.15, -0.1) is 0 Å². The fourth-order valence-electron chi connectivity index (χ4n) is 3.48. The lowest BCUT2D eigenvalue weighted by molar-refractivity contribution is -0.133. The van der Waals surface area contributed by atoms with E-state index in [1.54, 1.807) is 17.0 Å². The van der Waals surface area contributed by atoms with E-state index in [9.17, 15) is 9.59 Å². The molecule has 1 saturated heterocycles. The van der Waals surface area contributed by atoms with Gasteiger partial charge in [-0.2, -0.15) is 0 Å². The van der Waals surface area contributed by atoms with E-state index >= 15 is 0 Å². The number of piperazine rings is 1. The number of hydrogen-bond acceptors (Lipinski definition) is 3. The van der Waals surface area contributed by atoms with Crippen molar-refractivity contribution in [2.24, 2.45) is 5.92 Å². The average Bonchev–Trinajstić information content (AvgIpc) is 3.10. The van der Waals surface area contributed by atoms with Gasteiger partial charge in [0.25, 0.3) is 5.91 Å². The van der Waals surface area contributed by atoms with Gasteiger partial charge in [-0.3, -0.25) is 9.59 Å². The Morgan fingerprint density at radius 1 is 1.05 bits per heavy atom. The highest BCUT2D eigenvalue weighted by Crippen LogP contribution is 2.27. The molecule has 2 fully saturated rings. The number of carbonyl (C=O) groups excluding carboxylic acids is 2. The van der Waals surface area contributed by atoms with E-state index in [4.69, 9.17) is 4.42 Å². The van der Waals surface area contributed by atoms with Crippen LogP contribution in [0.25, 0.3) is 0 Å². The maximum atomic E-state index is 12.4. The highest BCUT2D eigenvalue weighted by molar-refractivity contribution is 5.91. The number of rotatable bonds is 3. The van der Waals surface area contributed by atoms with Gasteiger partial charge in [0.2, 0.25) is 5.91 Å². The first-order chi connectivity index (χ1) is 10.7. The van der Waals surface area contributed by atoms with Crippen LogP contribution in [0.3, 0.4) is 0 Å². The minimum atomic E-state index is -0.0793. The molecule has 120 valence electrons. The molecule has 1 saturated carbocycles. The monoisotopic (exact) mass is 304 g/mol. The molecule has 2 heterocycles. The minimum Gasteiger partial charge on any atom is -0.459 e. The van der Waals surface area contributed by atoms with Crippen LogP contribution in [-0.2, 0) is 4.79 Å². The molecule has 3 rings (SSSR count). The van der Waals surface area contributed by atoms with Crippen LogP contribution in [0, 0.1) is 5.92 Å². The molecule has 1 aliphatic carbocycles. The molecule has 1 aromatic heterocycles. The Morgan fingerprint density at radius 3 is 2.36 bits per heavy atom. The van der Waals surface area contributed by atoms with Crippen LogP contribution in [0.1, 0.15) is 49.1 Å². The zero-order valence-corrected chi connectivity index (χ0v) is 13.0. The average molecular weight is 304 g/mol. The highest BCUT2D eigenvalue weighted by atomic mass is 16.3. The summed E-state index contributed by atoms with van der Waals surface area (Å²) in [6.45, 7) is 2.46. The number of furan rings is 1. The molecule has 0 bridgehead atoms. The van der Waals surface area contributed by atoms with Gasteiger partial charge in [-0.1, -0.05) is 19.3 Å². The van der Waals surface area contributed by atoms with Crippen molar-refractivity contribution in [3.05, 3.63) is 24.2 Å². The quantitative estimate of drug-likeness (QED) is 0.862. The SMILES string of the molecule is O=C(CC1CCCCC1)N1CCN(C(=O)c2ccco2)CC1. The van der Waals surface area contributed by atoms with Crippen molar-refractivity contribution >= 4 is 11.8 Å². The van der Waals surface area contributed by atoms with Crippen molar-refractivity contribution < 1.29 is 14.0 Å². The maximum Gasteiger partial charge on any atom is 0.289 e. The molecule has 1 aromatic rings. The van der Waals surface area contributed by atoms with Crippen LogP contribution in [0.5, 0.6) is 0 Å². The normalized spacial score (nSPS) is 20.2. The van der Waals surface area contributed by atoms with Crippen molar-refractivity contribution in [3.63, 3.8) is 0 Å². The minimum absolute atomic E-state index is 0.0793. The maximum absolute atomic E-state index is 12.4. The Labute approximate surface area is 131 Å². The second kappa shape index (κ2) is 6.99. The zero-order chi connectivity index (χ0) is 15.4. The van der Waals surface area contributed by atoms with Gasteiger partial charge in [0.15, 0.2) is 5.76 Å². The Morgan fingerprint density at radius 2 is 1.73 bits per heavy atom. The third kappa shape index (κ3) is 3.51. The largest absolute Gasteiger partial charge is 0.459 e. The van der Waals surface area contributed by atoms with Crippen molar-refractivity contribution in [3.8, 4) is 0 Å². The van der Waals surface area contributed by atoms with Gasteiger partial charge in [-0.05, 0) is 30.9 Å². The summed E-state index contributed by atoms with van der Waals surface area (Å²) < 4.78 is 5.15. The van der Waals surface area contributed by atoms with Gasteiger partial charge >= 0.3 is 0 Å². The summed E-state index contributed by atoms with van der Waals surface area (Å²) in [5, 5.41) is 0. The molecule has 5 heteroatoms. The number of carbonyl (C=O) groups is 2. The van der Waals surface area contributed by atoms with Crippen LogP contribution >= 0.6 is 0 Å². The second-order valence-corrected chi connectivity index (χ2v) is 6.36. The molecule has 0 unspecified atom stereocenters. The predicted octanol–water partition coefficient (Wildman–Crippen LogP) is 2.53. The van der Waals surface area contributed by atoms with E-state index in [1.807, 2.05) is 4.90 Å². The van der Waals surface area contributed by atoms with Crippen molar-refractivity contribution in [1.82, 2.24) is 9.80 Å². The lowest BCUT2D eigenvalue weighted by Crippen LogP contribution is -2.50. The first-order valence-electron chi connectivity index (χ1n) is 8.34. The van der Waals surface area contributed by atoms with Crippen LogP contribution < -0.4 is 0 Å². The molecule has 0 aromatic carbocycles. The molecule has 0 atom stereocenters. The third-order valence-electron chi connectivity index (χ3n) is 4.84. The van der Waals surface area contributed by atoms with Gasteiger partial charge in [-0.25, -0.2) is 0 Å². The number of hydrogen-bond donors (Lipinski definition) is 0. The summed E-state index contributed by atoms with van der Waals surface area (Å²) in [6, 6.07) is 3.40. The fraction of sp³-hybridized carbons (Fsp3) is 0.647. The number of amides is 2. The Hall–Kier alpha value is -1.78. The van der Waals surface area contributed by atoms with Gasteiger partial charge in [0, 0.05) is 32.6 Å². The highest BCUT2D eigenvalue weighted by Gasteiger charge is 2.27. The summed E-state index contributed by atoms with van der Waals surface area (Å²) in [7, 11) is 0. The standard InChI is InChI=1S/C17H24N2O3/c20-16(13-14-5-2-1-3-6-14)18-8-10-19(11-9-18)17(21)15-7-4-12-22-15/h4,7,12,14H,1-3,5-6,8-11,13H2. The number of nitrogens with zero attached hydrogens (tertiary/aromatic N) is 2. The zero-order valence-electron chi connectivity index (χ0n) is 13.0. The molecule has 2 aliphatic rings. The van der Waals surface area contributed by atoms with Crippen molar-refractivity contribution in [2.75, 3.05) is 26.2 Å². The summed E-state index contributed by atoms with van der Waals surface area (Å²) in [6.07, 6.45) is 8.44. The topological polar surface area (TPSA) is 53.8 Å². The summed E-state index contributed by atoms with van der Waals surface area (Å²) in [5.41, 5.74) is 0. The van der Waals surface area contributed by atoms with E-state index in [2.05, 4.69) is 0 Å². The molecular formula is C17H24N2O3. The molecule has 2 amide bonds. The smallest absolute Gasteiger partial charge is 0.289 e. The van der Waals surface area contributed by atoms with Gasteiger partial charge in [0.05, 0.1) is 6.26 Å². The Balaban J connectivity index is 1.46. The van der Waals surface area contributed by atoms with E-state index in [1.165, 1.54) is 38.4 Å². The van der Waals surface area contributed by atoms with Crippen LogP contribution in [0.2, 0.25) is 0 Å². The Bertz CT molecular complexity index is 498. The summed E-state index contributed by atoms with van der Waals surface area (Å²) >= 11 is 0.